The largest absolute Gasteiger partial charge is 0.455 e. The van der Waals surface area contributed by atoms with Gasteiger partial charge in [0.25, 0.3) is 5.69 Å². The Hall–Kier alpha value is -2.95. The predicted molar refractivity (Wildman–Crippen MR) is 83.3 cm³/mol. The van der Waals surface area contributed by atoms with Gasteiger partial charge in [-0.15, -0.1) is 0 Å². The number of nitro benzene ring substituents is 1. The molecule has 0 fully saturated rings. The number of nitrogens with zero attached hydrogens (tertiary/aromatic N) is 2. The van der Waals surface area contributed by atoms with E-state index >= 15 is 0 Å². The van der Waals surface area contributed by atoms with Gasteiger partial charge in [-0.05, 0) is 36.5 Å². The van der Waals surface area contributed by atoms with Crippen LogP contribution in [0.15, 0.2) is 39.9 Å². The lowest BCUT2D eigenvalue weighted by Gasteiger charge is -2.07. The van der Waals surface area contributed by atoms with Gasteiger partial charge in [0.2, 0.25) is 0 Å². The van der Waals surface area contributed by atoms with Gasteiger partial charge in [-0.3, -0.25) is 15.5 Å². The monoisotopic (exact) mass is 358 g/mol. The minimum Gasteiger partial charge on any atom is -0.455 e. The van der Waals surface area contributed by atoms with Gasteiger partial charge in [0, 0.05) is 6.07 Å². The number of rotatable bonds is 4. The Morgan fingerprint density at radius 1 is 1.38 bits per heavy atom. The highest BCUT2D eigenvalue weighted by Gasteiger charge is 2.33. The summed E-state index contributed by atoms with van der Waals surface area (Å²) in [6.07, 6.45) is -3.48. The normalized spacial score (nSPS) is 11.6. The number of thiocarbonyl (C=S) groups is 1. The van der Waals surface area contributed by atoms with Crippen molar-refractivity contribution >= 4 is 29.2 Å². The number of halogens is 3. The Balaban J connectivity index is 2.38. The molecule has 0 aliphatic heterocycles. The SMILES string of the molecule is NC(=S)NN=Cc1ccc(-c2ccc(C(F)(F)F)cc2[N+](=O)[O-])o1. The van der Waals surface area contributed by atoms with Crippen molar-refractivity contribution in [2.24, 2.45) is 10.8 Å². The molecule has 2 rings (SSSR count). The van der Waals surface area contributed by atoms with Gasteiger partial charge < -0.3 is 10.2 Å². The Morgan fingerprint density at radius 2 is 2.08 bits per heavy atom. The molecule has 1 aromatic carbocycles. The van der Waals surface area contributed by atoms with Crippen molar-refractivity contribution in [2.45, 2.75) is 6.18 Å². The maximum Gasteiger partial charge on any atom is 0.416 e. The molecule has 126 valence electrons. The summed E-state index contributed by atoms with van der Waals surface area (Å²) in [5.41, 5.74) is 5.52. The molecule has 24 heavy (non-hydrogen) atoms. The first-order valence-electron chi connectivity index (χ1n) is 6.23. The fourth-order valence-corrected chi connectivity index (χ4v) is 1.85. The molecule has 3 N–H and O–H groups in total. The lowest BCUT2D eigenvalue weighted by Crippen LogP contribution is -2.23. The number of nitrogens with one attached hydrogen (secondary N) is 1. The number of furan rings is 1. The first kappa shape index (κ1) is 17.4. The van der Waals surface area contributed by atoms with Crippen molar-refractivity contribution in [2.75, 3.05) is 0 Å². The van der Waals surface area contributed by atoms with Crippen LogP contribution in [-0.2, 0) is 6.18 Å². The van der Waals surface area contributed by atoms with Gasteiger partial charge in [0.1, 0.15) is 11.5 Å². The summed E-state index contributed by atoms with van der Waals surface area (Å²) in [6, 6.07) is 4.99. The molecule has 0 spiro atoms. The van der Waals surface area contributed by atoms with Crippen LogP contribution >= 0.6 is 12.2 Å². The average molecular weight is 358 g/mol. The summed E-state index contributed by atoms with van der Waals surface area (Å²) in [6.45, 7) is 0. The molecule has 0 saturated carbocycles. The summed E-state index contributed by atoms with van der Waals surface area (Å²) in [5, 5.41) is 14.6. The minimum atomic E-state index is -4.68. The molecule has 0 unspecified atom stereocenters. The van der Waals surface area contributed by atoms with Crippen molar-refractivity contribution in [1.82, 2.24) is 5.43 Å². The molecule has 11 heteroatoms. The quantitative estimate of drug-likeness (QED) is 0.377. The van der Waals surface area contributed by atoms with E-state index in [1.807, 2.05) is 0 Å². The van der Waals surface area contributed by atoms with E-state index in [4.69, 9.17) is 10.2 Å². The topological polar surface area (TPSA) is 107 Å². The van der Waals surface area contributed by atoms with E-state index in [1.165, 1.54) is 18.3 Å². The number of hydrogen-bond donors (Lipinski definition) is 2. The van der Waals surface area contributed by atoms with E-state index < -0.39 is 22.4 Å². The van der Waals surface area contributed by atoms with Gasteiger partial charge in [-0.1, -0.05) is 0 Å². The summed E-state index contributed by atoms with van der Waals surface area (Å²) in [4.78, 5) is 10.2. The molecule has 2 aromatic rings. The van der Waals surface area contributed by atoms with Crippen LogP contribution in [0.5, 0.6) is 0 Å². The van der Waals surface area contributed by atoms with Crippen LogP contribution in [0, 0.1) is 10.1 Å². The molecule has 0 aliphatic carbocycles. The number of hydrazone groups is 1. The van der Waals surface area contributed by atoms with Crippen LogP contribution in [0.1, 0.15) is 11.3 Å². The summed E-state index contributed by atoms with van der Waals surface area (Å²) in [5.74, 6) is 0.218. The molecular weight excluding hydrogens is 349 g/mol. The summed E-state index contributed by atoms with van der Waals surface area (Å²) in [7, 11) is 0. The average Bonchev–Trinajstić information content (AvgIpc) is 2.94. The van der Waals surface area contributed by atoms with Gasteiger partial charge >= 0.3 is 6.18 Å². The number of nitrogens with two attached hydrogens (primary N) is 1. The molecule has 0 atom stereocenters. The highest BCUT2D eigenvalue weighted by atomic mass is 32.1. The molecular formula is C13H9F3N4O3S. The minimum absolute atomic E-state index is 0.0206. The van der Waals surface area contributed by atoms with Crippen molar-refractivity contribution in [3.05, 3.63) is 51.8 Å². The maximum atomic E-state index is 12.7. The molecule has 0 radical (unpaired) electrons. The predicted octanol–water partition coefficient (Wildman–Crippen LogP) is 3.04. The molecule has 1 heterocycles. The lowest BCUT2D eigenvalue weighted by molar-refractivity contribution is -0.384. The van der Waals surface area contributed by atoms with E-state index in [-0.39, 0.29) is 22.2 Å². The van der Waals surface area contributed by atoms with Crippen LogP contribution < -0.4 is 11.2 Å². The van der Waals surface area contributed by atoms with E-state index in [2.05, 4.69) is 22.7 Å². The molecule has 0 amide bonds. The van der Waals surface area contributed by atoms with Crippen LogP contribution in [-0.4, -0.2) is 16.3 Å². The maximum absolute atomic E-state index is 12.7. The number of alkyl halides is 3. The highest BCUT2D eigenvalue weighted by Crippen LogP contribution is 2.37. The van der Waals surface area contributed by atoms with E-state index in [0.29, 0.717) is 6.07 Å². The standard InChI is InChI=1S/C13H9F3N4O3S/c14-13(15,16)7-1-3-9(10(5-7)20(21)22)11-4-2-8(23-11)6-18-19-12(17)24/h1-6H,(H3,17,19,24). The summed E-state index contributed by atoms with van der Waals surface area (Å²) < 4.78 is 43.4. The zero-order valence-electron chi connectivity index (χ0n) is 11.7. The molecule has 0 bridgehead atoms. The van der Waals surface area contributed by atoms with Gasteiger partial charge in [-0.25, -0.2) is 0 Å². The van der Waals surface area contributed by atoms with Crippen molar-refractivity contribution in [3.8, 4) is 11.3 Å². The van der Waals surface area contributed by atoms with Gasteiger partial charge in [-0.2, -0.15) is 18.3 Å². The van der Waals surface area contributed by atoms with Crippen LogP contribution in [0.25, 0.3) is 11.3 Å². The second-order valence-corrected chi connectivity index (χ2v) is 4.86. The first-order valence-corrected chi connectivity index (χ1v) is 6.63. The van der Waals surface area contributed by atoms with Crippen molar-refractivity contribution < 1.29 is 22.5 Å². The number of nitro groups is 1. The fraction of sp³-hybridized carbons (Fsp3) is 0.0769. The number of benzene rings is 1. The van der Waals surface area contributed by atoms with Gasteiger partial charge in [0.15, 0.2) is 5.11 Å². The van der Waals surface area contributed by atoms with E-state index in [0.717, 1.165) is 12.1 Å². The molecule has 0 aliphatic rings. The third-order valence-electron chi connectivity index (χ3n) is 2.78. The van der Waals surface area contributed by atoms with Crippen LogP contribution in [0.3, 0.4) is 0 Å². The lowest BCUT2D eigenvalue weighted by atomic mass is 10.1. The second kappa shape index (κ2) is 6.66. The summed E-state index contributed by atoms with van der Waals surface area (Å²) >= 11 is 4.54. The third-order valence-corrected chi connectivity index (χ3v) is 2.87. The van der Waals surface area contributed by atoms with Crippen molar-refractivity contribution in [3.63, 3.8) is 0 Å². The smallest absolute Gasteiger partial charge is 0.416 e. The first-order chi connectivity index (χ1) is 11.2. The molecule has 7 nitrogen and oxygen atoms in total. The Bertz CT molecular complexity index is 817. The van der Waals surface area contributed by atoms with Crippen molar-refractivity contribution in [1.29, 1.82) is 0 Å². The molecule has 1 aromatic heterocycles. The Kier molecular flexibility index (Phi) is 4.83. The zero-order valence-corrected chi connectivity index (χ0v) is 12.5. The van der Waals surface area contributed by atoms with Crippen LogP contribution in [0.4, 0.5) is 18.9 Å². The highest BCUT2D eigenvalue weighted by molar-refractivity contribution is 7.80. The Morgan fingerprint density at radius 3 is 2.67 bits per heavy atom. The Labute approximate surface area is 138 Å². The van der Waals surface area contributed by atoms with E-state index in [1.54, 1.807) is 0 Å². The zero-order chi connectivity index (χ0) is 17.9. The van der Waals surface area contributed by atoms with Gasteiger partial charge in [0.05, 0.1) is 22.3 Å². The van der Waals surface area contributed by atoms with E-state index in [9.17, 15) is 23.3 Å². The fourth-order valence-electron chi connectivity index (χ4n) is 1.79. The van der Waals surface area contributed by atoms with Crippen LogP contribution in [0.2, 0.25) is 0 Å². The third kappa shape index (κ3) is 4.07. The second-order valence-electron chi connectivity index (χ2n) is 4.42. The number of hydrogen-bond acceptors (Lipinski definition) is 5. The molecule has 0 saturated heterocycles.